The molecule has 1 N–H and O–H groups in total. The highest BCUT2D eigenvalue weighted by Crippen LogP contribution is 2.25. The second-order valence-electron chi connectivity index (χ2n) is 5.39. The summed E-state index contributed by atoms with van der Waals surface area (Å²) in [6.45, 7) is 3.43. The predicted octanol–water partition coefficient (Wildman–Crippen LogP) is 4.89. The maximum atomic E-state index is 5.94. The fourth-order valence-electron chi connectivity index (χ4n) is 2.88. The molecule has 3 heteroatoms. The molecule has 0 radical (unpaired) electrons. The number of rotatable bonds is 5. The molecule has 18 heavy (non-hydrogen) atoms. The first-order chi connectivity index (χ1) is 8.78. The van der Waals surface area contributed by atoms with Crippen molar-refractivity contribution in [3.05, 3.63) is 21.3 Å². The van der Waals surface area contributed by atoms with E-state index in [1.165, 1.54) is 43.4 Å². The summed E-state index contributed by atoms with van der Waals surface area (Å²) in [5, 5.41) is 3.73. The van der Waals surface area contributed by atoms with Crippen LogP contribution in [0.4, 0.5) is 0 Å². The number of thiophene rings is 1. The molecule has 1 aliphatic carbocycles. The molecule has 1 nitrogen and oxygen atoms in total. The molecule has 1 fully saturated rings. The zero-order valence-corrected chi connectivity index (χ0v) is 12.8. The Balaban J connectivity index is 1.67. The maximum Gasteiger partial charge on any atom is 0.0931 e. The van der Waals surface area contributed by atoms with Crippen molar-refractivity contribution in [1.29, 1.82) is 0 Å². The lowest BCUT2D eigenvalue weighted by molar-refractivity contribution is 0.427. The van der Waals surface area contributed by atoms with Gasteiger partial charge in [-0.25, -0.2) is 0 Å². The molecule has 1 saturated carbocycles. The van der Waals surface area contributed by atoms with Gasteiger partial charge in [-0.3, -0.25) is 0 Å². The highest BCUT2D eigenvalue weighted by molar-refractivity contribution is 7.16. The summed E-state index contributed by atoms with van der Waals surface area (Å²) in [6.07, 6.45) is 9.46. The molecule has 102 valence electrons. The van der Waals surface area contributed by atoms with Gasteiger partial charge in [0.2, 0.25) is 0 Å². The van der Waals surface area contributed by atoms with E-state index in [0.717, 1.165) is 29.3 Å². The molecule has 1 aromatic heterocycles. The largest absolute Gasteiger partial charge is 0.314 e. The fraction of sp³-hybridized carbons (Fsp3) is 0.733. The van der Waals surface area contributed by atoms with Crippen LogP contribution in [0.25, 0.3) is 0 Å². The van der Waals surface area contributed by atoms with Gasteiger partial charge in [-0.15, -0.1) is 11.3 Å². The number of halogens is 1. The summed E-state index contributed by atoms with van der Waals surface area (Å²) >= 11 is 7.65. The van der Waals surface area contributed by atoms with Crippen LogP contribution >= 0.6 is 22.9 Å². The van der Waals surface area contributed by atoms with Crippen LogP contribution in [0, 0.1) is 5.92 Å². The third kappa shape index (κ3) is 4.56. The minimum Gasteiger partial charge on any atom is -0.314 e. The van der Waals surface area contributed by atoms with Crippen LogP contribution in [0.2, 0.25) is 4.34 Å². The summed E-state index contributed by atoms with van der Waals surface area (Å²) in [5.41, 5.74) is 0. The molecule has 0 amide bonds. The van der Waals surface area contributed by atoms with Crippen molar-refractivity contribution in [1.82, 2.24) is 5.32 Å². The van der Waals surface area contributed by atoms with Crippen molar-refractivity contribution in [3.8, 4) is 0 Å². The van der Waals surface area contributed by atoms with Crippen molar-refractivity contribution < 1.29 is 0 Å². The van der Waals surface area contributed by atoms with Crippen LogP contribution < -0.4 is 5.32 Å². The first kappa shape index (κ1) is 14.4. The van der Waals surface area contributed by atoms with Crippen LogP contribution in [0.15, 0.2) is 12.1 Å². The Morgan fingerprint density at radius 3 is 2.89 bits per heavy atom. The Morgan fingerprint density at radius 1 is 1.28 bits per heavy atom. The lowest BCUT2D eigenvalue weighted by Gasteiger charge is -2.16. The Kier molecular flexibility index (Phi) is 6.00. The lowest BCUT2D eigenvalue weighted by atomic mass is 9.98. The molecule has 0 saturated heterocycles. The van der Waals surface area contributed by atoms with Crippen LogP contribution in [-0.4, -0.2) is 12.6 Å². The summed E-state index contributed by atoms with van der Waals surface area (Å²) in [4.78, 5) is 1.40. The van der Waals surface area contributed by atoms with Crippen molar-refractivity contribution in [2.75, 3.05) is 6.54 Å². The number of hydrogen-bond acceptors (Lipinski definition) is 2. The Morgan fingerprint density at radius 2 is 2.17 bits per heavy atom. The molecule has 1 heterocycles. The second-order valence-corrected chi connectivity index (χ2v) is 7.19. The fourth-order valence-corrected chi connectivity index (χ4v) is 3.96. The van der Waals surface area contributed by atoms with E-state index in [-0.39, 0.29) is 0 Å². The summed E-state index contributed by atoms with van der Waals surface area (Å²) in [7, 11) is 0. The molecule has 2 atom stereocenters. The highest BCUT2D eigenvalue weighted by atomic mass is 35.5. The minimum atomic E-state index is 0.747. The Bertz CT molecular complexity index is 350. The van der Waals surface area contributed by atoms with Gasteiger partial charge in [0.15, 0.2) is 0 Å². The molecular weight excluding hydrogens is 262 g/mol. The van der Waals surface area contributed by atoms with Crippen LogP contribution in [0.5, 0.6) is 0 Å². The molecule has 1 aromatic rings. The third-order valence-corrected chi connectivity index (χ3v) is 5.39. The van der Waals surface area contributed by atoms with Gasteiger partial charge in [-0.2, -0.15) is 0 Å². The second kappa shape index (κ2) is 7.52. The van der Waals surface area contributed by atoms with Gasteiger partial charge < -0.3 is 5.32 Å². The molecule has 2 unspecified atom stereocenters. The third-order valence-electron chi connectivity index (χ3n) is 4.10. The van der Waals surface area contributed by atoms with E-state index in [1.807, 2.05) is 6.07 Å². The van der Waals surface area contributed by atoms with Gasteiger partial charge in [0.05, 0.1) is 4.34 Å². The minimum absolute atomic E-state index is 0.747. The summed E-state index contributed by atoms with van der Waals surface area (Å²) in [5.74, 6) is 0.980. The van der Waals surface area contributed by atoms with E-state index in [9.17, 15) is 0 Å². The van der Waals surface area contributed by atoms with Crippen molar-refractivity contribution in [2.45, 2.75) is 57.9 Å². The zero-order valence-electron chi connectivity index (χ0n) is 11.3. The first-order valence-corrected chi connectivity index (χ1v) is 8.45. The molecule has 0 aliphatic heterocycles. The number of nitrogens with one attached hydrogen (secondary N) is 1. The molecule has 2 rings (SSSR count). The van der Waals surface area contributed by atoms with E-state index >= 15 is 0 Å². The van der Waals surface area contributed by atoms with Gasteiger partial charge >= 0.3 is 0 Å². The van der Waals surface area contributed by atoms with Crippen molar-refractivity contribution >= 4 is 22.9 Å². The Hall–Kier alpha value is -0.0500. The van der Waals surface area contributed by atoms with Crippen LogP contribution in [-0.2, 0) is 6.42 Å². The molecule has 1 aliphatic rings. The monoisotopic (exact) mass is 285 g/mol. The summed E-state index contributed by atoms with van der Waals surface area (Å²) in [6, 6.07) is 4.89. The SMILES string of the molecule is CCC1CCCC(NCCc2ccc(Cl)s2)CC1. The molecule has 0 aromatic carbocycles. The van der Waals surface area contributed by atoms with Crippen molar-refractivity contribution in [3.63, 3.8) is 0 Å². The van der Waals surface area contributed by atoms with E-state index in [0.29, 0.717) is 0 Å². The van der Waals surface area contributed by atoms with Gasteiger partial charge in [0, 0.05) is 17.5 Å². The van der Waals surface area contributed by atoms with Gasteiger partial charge in [-0.05, 0) is 43.7 Å². The van der Waals surface area contributed by atoms with Crippen molar-refractivity contribution in [2.24, 2.45) is 5.92 Å². The van der Waals surface area contributed by atoms with Gasteiger partial charge in [0.25, 0.3) is 0 Å². The first-order valence-electron chi connectivity index (χ1n) is 7.25. The summed E-state index contributed by atoms with van der Waals surface area (Å²) < 4.78 is 0.908. The molecule has 0 spiro atoms. The van der Waals surface area contributed by atoms with Crippen LogP contribution in [0.1, 0.15) is 50.3 Å². The topological polar surface area (TPSA) is 12.0 Å². The molecule has 0 bridgehead atoms. The van der Waals surface area contributed by atoms with E-state index in [1.54, 1.807) is 11.3 Å². The lowest BCUT2D eigenvalue weighted by Crippen LogP contribution is -2.30. The van der Waals surface area contributed by atoms with E-state index in [4.69, 9.17) is 11.6 Å². The molecular formula is C15H24ClNS. The zero-order chi connectivity index (χ0) is 12.8. The highest BCUT2D eigenvalue weighted by Gasteiger charge is 2.17. The van der Waals surface area contributed by atoms with Gasteiger partial charge in [0.1, 0.15) is 0 Å². The van der Waals surface area contributed by atoms with E-state index in [2.05, 4.69) is 18.3 Å². The number of hydrogen-bond donors (Lipinski definition) is 1. The standard InChI is InChI=1S/C15H24ClNS/c1-2-12-4-3-5-13(7-6-12)17-11-10-14-8-9-15(16)18-14/h8-9,12-13,17H,2-7,10-11H2,1H3. The normalized spacial score (nSPS) is 25.0. The quantitative estimate of drug-likeness (QED) is 0.759. The van der Waals surface area contributed by atoms with E-state index < -0.39 is 0 Å². The van der Waals surface area contributed by atoms with Gasteiger partial charge in [-0.1, -0.05) is 37.8 Å². The Labute approximate surface area is 120 Å². The smallest absolute Gasteiger partial charge is 0.0931 e. The average molecular weight is 286 g/mol. The maximum absolute atomic E-state index is 5.94. The van der Waals surface area contributed by atoms with Crippen LogP contribution in [0.3, 0.4) is 0 Å². The average Bonchev–Trinajstić information content (AvgIpc) is 2.65. The predicted molar refractivity (Wildman–Crippen MR) is 81.7 cm³/mol.